The maximum Gasteiger partial charge on any atom is 0.410 e. The van der Waals surface area contributed by atoms with Crippen molar-refractivity contribution in [1.29, 1.82) is 0 Å². The molecule has 2 amide bonds. The van der Waals surface area contributed by atoms with E-state index in [0.29, 0.717) is 43.1 Å². The number of likely N-dealkylation sites (tertiary alicyclic amines) is 1. The molecule has 0 aromatic heterocycles. The van der Waals surface area contributed by atoms with Crippen LogP contribution in [0.1, 0.15) is 57.8 Å². The molecule has 1 unspecified atom stereocenters. The lowest BCUT2D eigenvalue weighted by Crippen LogP contribution is -2.57. The first-order valence-electron chi connectivity index (χ1n) is 12.6. The van der Waals surface area contributed by atoms with Crippen molar-refractivity contribution >= 4 is 18.0 Å². The Bertz CT molecular complexity index is 927. The number of benzene rings is 1. The first kappa shape index (κ1) is 30.2. The minimum Gasteiger partial charge on any atom is -0.493 e. The molecule has 0 radical (unpaired) electrons. The summed E-state index contributed by atoms with van der Waals surface area (Å²) >= 11 is 0. The number of hydrogen-bond acceptors (Lipinski definition) is 8. The van der Waals surface area contributed by atoms with Crippen molar-refractivity contribution < 1.29 is 38.1 Å². The van der Waals surface area contributed by atoms with Crippen LogP contribution in [-0.4, -0.2) is 93.1 Å². The molecule has 10 nitrogen and oxygen atoms in total. The minimum atomic E-state index is -0.693. The predicted octanol–water partition coefficient (Wildman–Crippen LogP) is 3.76. The molecule has 1 aromatic carbocycles. The number of rotatable bonds is 10. The molecule has 1 saturated heterocycles. The van der Waals surface area contributed by atoms with Gasteiger partial charge in [0.15, 0.2) is 11.5 Å². The molecule has 2 rings (SSSR count). The lowest BCUT2D eigenvalue weighted by molar-refractivity contribution is -0.148. The second-order valence-electron chi connectivity index (χ2n) is 10.4. The average molecular weight is 523 g/mol. The molecule has 1 fully saturated rings. The third kappa shape index (κ3) is 8.52. The second kappa shape index (κ2) is 13.5. The standard InChI is InChI=1S/C27H42N2O8/c1-18(2)29(24(30)19-10-11-22(34-7)23(15-19)36-13-9-12-33-6)21-14-20(25(31)35-8)16-28(17-21)26(32)37-27(3,4)5/h10-11,15,18,20-21H,9,12-14,16-17H2,1-8H3/t20-,21?/m1/s1. The van der Waals surface area contributed by atoms with Crippen LogP contribution in [0.25, 0.3) is 0 Å². The molecule has 1 aromatic rings. The number of hydrogen-bond donors (Lipinski definition) is 0. The van der Waals surface area contributed by atoms with Gasteiger partial charge in [0.05, 0.1) is 32.8 Å². The lowest BCUT2D eigenvalue weighted by Gasteiger charge is -2.43. The zero-order valence-electron chi connectivity index (χ0n) is 23.4. The van der Waals surface area contributed by atoms with Crippen LogP contribution in [0.5, 0.6) is 11.5 Å². The van der Waals surface area contributed by atoms with Gasteiger partial charge in [-0.1, -0.05) is 0 Å². The smallest absolute Gasteiger partial charge is 0.410 e. The summed E-state index contributed by atoms with van der Waals surface area (Å²) in [5.74, 6) is -0.269. The summed E-state index contributed by atoms with van der Waals surface area (Å²) in [4.78, 5) is 42.5. The molecular formula is C27H42N2O8. The van der Waals surface area contributed by atoms with Crippen LogP contribution in [0.2, 0.25) is 0 Å². The number of amides is 2. The molecule has 0 spiro atoms. The van der Waals surface area contributed by atoms with Crippen LogP contribution in [0.15, 0.2) is 18.2 Å². The number of ether oxygens (including phenoxy) is 5. The Balaban J connectivity index is 2.35. The summed E-state index contributed by atoms with van der Waals surface area (Å²) in [7, 11) is 4.49. The minimum absolute atomic E-state index is 0.167. The zero-order valence-corrected chi connectivity index (χ0v) is 23.4. The molecule has 37 heavy (non-hydrogen) atoms. The van der Waals surface area contributed by atoms with Gasteiger partial charge in [0.2, 0.25) is 0 Å². The monoisotopic (exact) mass is 522 g/mol. The fourth-order valence-electron chi connectivity index (χ4n) is 4.37. The van der Waals surface area contributed by atoms with Gasteiger partial charge in [-0.15, -0.1) is 0 Å². The third-order valence-electron chi connectivity index (χ3n) is 5.96. The summed E-state index contributed by atoms with van der Waals surface area (Å²) in [6.45, 7) is 10.5. The first-order chi connectivity index (χ1) is 17.4. The third-order valence-corrected chi connectivity index (χ3v) is 5.96. The van der Waals surface area contributed by atoms with E-state index in [1.54, 1.807) is 58.1 Å². The summed E-state index contributed by atoms with van der Waals surface area (Å²) in [6, 6.07) is 4.41. The van der Waals surface area contributed by atoms with Crippen molar-refractivity contribution in [3.05, 3.63) is 23.8 Å². The molecule has 1 aliphatic rings. The van der Waals surface area contributed by atoms with Crippen LogP contribution in [-0.2, 0) is 19.0 Å². The Morgan fingerprint density at radius 2 is 1.76 bits per heavy atom. The summed E-state index contributed by atoms with van der Waals surface area (Å²) in [5, 5.41) is 0. The van der Waals surface area contributed by atoms with E-state index in [0.717, 1.165) is 0 Å². The molecular weight excluding hydrogens is 480 g/mol. The summed E-state index contributed by atoms with van der Waals surface area (Å²) in [5.41, 5.74) is -0.276. The Morgan fingerprint density at radius 1 is 1.05 bits per heavy atom. The van der Waals surface area contributed by atoms with Crippen LogP contribution >= 0.6 is 0 Å². The van der Waals surface area contributed by atoms with Gasteiger partial charge in [-0.05, 0) is 59.2 Å². The average Bonchev–Trinajstić information content (AvgIpc) is 2.84. The Morgan fingerprint density at radius 3 is 2.32 bits per heavy atom. The molecule has 0 saturated carbocycles. The Hall–Kier alpha value is -3.01. The molecule has 1 aliphatic heterocycles. The number of piperidine rings is 1. The Kier molecular flexibility index (Phi) is 11.0. The highest BCUT2D eigenvalue weighted by Crippen LogP contribution is 2.31. The summed E-state index contributed by atoms with van der Waals surface area (Å²) in [6.07, 6.45) is 0.526. The zero-order chi connectivity index (χ0) is 27.8. The van der Waals surface area contributed by atoms with Gasteiger partial charge in [-0.2, -0.15) is 0 Å². The molecule has 1 heterocycles. The summed E-state index contributed by atoms with van der Waals surface area (Å²) < 4.78 is 26.9. The van der Waals surface area contributed by atoms with Gasteiger partial charge in [-0.25, -0.2) is 4.79 Å². The highest BCUT2D eigenvalue weighted by atomic mass is 16.6. The van der Waals surface area contributed by atoms with E-state index in [1.165, 1.54) is 12.0 Å². The van der Waals surface area contributed by atoms with Crippen molar-refractivity contribution in [3.63, 3.8) is 0 Å². The van der Waals surface area contributed by atoms with E-state index in [-0.39, 0.29) is 25.0 Å². The lowest BCUT2D eigenvalue weighted by atomic mass is 9.92. The number of carbonyl (C=O) groups excluding carboxylic acids is 3. The van der Waals surface area contributed by atoms with Crippen LogP contribution in [0, 0.1) is 5.92 Å². The largest absolute Gasteiger partial charge is 0.493 e. The molecule has 0 N–H and O–H groups in total. The van der Waals surface area contributed by atoms with Gasteiger partial charge < -0.3 is 33.5 Å². The fourth-order valence-corrected chi connectivity index (χ4v) is 4.37. The van der Waals surface area contributed by atoms with Crippen molar-refractivity contribution in [2.75, 3.05) is 47.6 Å². The molecule has 0 aliphatic carbocycles. The predicted molar refractivity (Wildman–Crippen MR) is 138 cm³/mol. The number of esters is 1. The van der Waals surface area contributed by atoms with E-state index >= 15 is 0 Å². The maximum absolute atomic E-state index is 13.8. The normalized spacial score (nSPS) is 17.8. The topological polar surface area (TPSA) is 104 Å². The van der Waals surface area contributed by atoms with Gasteiger partial charge in [0.25, 0.3) is 5.91 Å². The first-order valence-corrected chi connectivity index (χ1v) is 12.6. The van der Waals surface area contributed by atoms with Crippen molar-refractivity contribution in [3.8, 4) is 11.5 Å². The van der Waals surface area contributed by atoms with Gasteiger partial charge >= 0.3 is 12.1 Å². The molecule has 2 atom stereocenters. The van der Waals surface area contributed by atoms with Gasteiger partial charge in [-0.3, -0.25) is 9.59 Å². The van der Waals surface area contributed by atoms with Crippen LogP contribution in [0.4, 0.5) is 4.79 Å². The van der Waals surface area contributed by atoms with Crippen LogP contribution < -0.4 is 9.47 Å². The molecule has 208 valence electrons. The van der Waals surface area contributed by atoms with Crippen molar-refractivity contribution in [2.45, 2.75) is 65.1 Å². The van der Waals surface area contributed by atoms with E-state index in [9.17, 15) is 14.4 Å². The Labute approximate surface area is 220 Å². The van der Waals surface area contributed by atoms with Gasteiger partial charge in [0.1, 0.15) is 5.60 Å². The quantitative estimate of drug-likeness (QED) is 0.338. The van der Waals surface area contributed by atoms with Crippen molar-refractivity contribution in [2.24, 2.45) is 5.92 Å². The van der Waals surface area contributed by atoms with E-state index < -0.39 is 29.6 Å². The molecule has 10 heteroatoms. The fraction of sp³-hybridized carbons (Fsp3) is 0.667. The SMILES string of the molecule is COCCCOc1cc(C(=O)N(C(C)C)C2C[C@@H](C(=O)OC)CN(C(=O)OC(C)(C)C)C2)ccc1OC. The van der Waals surface area contributed by atoms with Crippen molar-refractivity contribution in [1.82, 2.24) is 9.80 Å². The number of carbonyl (C=O) groups is 3. The van der Waals surface area contributed by atoms with Gasteiger partial charge in [0, 0.05) is 44.8 Å². The highest BCUT2D eigenvalue weighted by Gasteiger charge is 2.40. The molecule has 0 bridgehead atoms. The van der Waals surface area contributed by atoms with E-state index in [2.05, 4.69) is 0 Å². The van der Waals surface area contributed by atoms with E-state index in [1.807, 2.05) is 13.8 Å². The maximum atomic E-state index is 13.8. The highest BCUT2D eigenvalue weighted by molar-refractivity contribution is 5.95. The van der Waals surface area contributed by atoms with Crippen LogP contribution in [0.3, 0.4) is 0 Å². The van der Waals surface area contributed by atoms with E-state index in [4.69, 9.17) is 23.7 Å². The number of nitrogens with zero attached hydrogens (tertiary/aromatic N) is 2. The second-order valence-corrected chi connectivity index (χ2v) is 10.4. The number of methoxy groups -OCH3 is 3.